The average molecular weight is 306 g/mol. The van der Waals surface area contributed by atoms with Crippen molar-refractivity contribution in [2.24, 2.45) is 5.92 Å². The Balaban J connectivity index is 2.46. The molecule has 1 rings (SSSR count). The summed E-state index contributed by atoms with van der Waals surface area (Å²) < 4.78 is 0. The van der Waals surface area contributed by atoms with Gasteiger partial charge in [0.2, 0.25) is 0 Å². The molecule has 5 heteroatoms. The Morgan fingerprint density at radius 1 is 1.26 bits per heavy atom. The van der Waals surface area contributed by atoms with Crippen molar-refractivity contribution in [1.82, 2.24) is 5.32 Å². The molecule has 0 aliphatic carbocycles. The van der Waals surface area contributed by atoms with Gasteiger partial charge in [0.05, 0.1) is 6.10 Å². The van der Waals surface area contributed by atoms with Gasteiger partial charge in [0.25, 0.3) is 0 Å². The predicted octanol–water partition coefficient (Wildman–Crippen LogP) is 3.03. The van der Waals surface area contributed by atoms with Gasteiger partial charge in [0, 0.05) is 28.8 Å². The quantitative estimate of drug-likeness (QED) is 0.692. The summed E-state index contributed by atoms with van der Waals surface area (Å²) in [6, 6.07) is 5.06. The highest BCUT2D eigenvalue weighted by atomic mass is 35.5. The second-order valence-electron chi connectivity index (χ2n) is 4.63. The molecule has 0 fully saturated rings. The van der Waals surface area contributed by atoms with Gasteiger partial charge in [-0.15, -0.1) is 0 Å². The summed E-state index contributed by atoms with van der Waals surface area (Å²) in [6.45, 7) is 3.48. The molecule has 0 bridgehead atoms. The van der Waals surface area contributed by atoms with Crippen molar-refractivity contribution in [3.63, 3.8) is 0 Å². The van der Waals surface area contributed by atoms with E-state index in [1.165, 1.54) is 0 Å². The first kappa shape index (κ1) is 16.7. The van der Waals surface area contributed by atoms with Crippen LogP contribution in [0.2, 0.25) is 10.0 Å². The van der Waals surface area contributed by atoms with Crippen molar-refractivity contribution in [1.29, 1.82) is 0 Å². The second-order valence-corrected chi connectivity index (χ2v) is 5.47. The highest BCUT2D eigenvalue weighted by Gasteiger charge is 2.13. The molecule has 2 unspecified atom stereocenters. The van der Waals surface area contributed by atoms with Crippen LogP contribution in [0.4, 0.5) is 0 Å². The molecule has 0 amide bonds. The predicted molar refractivity (Wildman–Crippen MR) is 79.8 cm³/mol. The lowest BCUT2D eigenvalue weighted by Gasteiger charge is -2.17. The monoisotopic (exact) mass is 305 g/mol. The Labute approximate surface area is 124 Å². The average Bonchev–Trinajstić information content (AvgIpc) is 2.40. The van der Waals surface area contributed by atoms with Crippen LogP contribution in [0, 0.1) is 5.92 Å². The van der Waals surface area contributed by atoms with E-state index in [2.05, 4.69) is 12.2 Å². The molecule has 0 saturated carbocycles. The zero-order chi connectivity index (χ0) is 14.3. The van der Waals surface area contributed by atoms with Crippen molar-refractivity contribution >= 4 is 23.2 Å². The van der Waals surface area contributed by atoms with Crippen LogP contribution in [0.3, 0.4) is 0 Å². The molecule has 2 atom stereocenters. The molecule has 1 aromatic carbocycles. The SMILES string of the molecule is CCC(CCO)CNCC(O)c1cc(Cl)ccc1Cl. The van der Waals surface area contributed by atoms with Crippen LogP contribution in [0.5, 0.6) is 0 Å². The van der Waals surface area contributed by atoms with Gasteiger partial charge < -0.3 is 15.5 Å². The minimum absolute atomic E-state index is 0.197. The Morgan fingerprint density at radius 3 is 2.63 bits per heavy atom. The van der Waals surface area contributed by atoms with Gasteiger partial charge in [-0.1, -0.05) is 36.5 Å². The highest BCUT2D eigenvalue weighted by molar-refractivity contribution is 6.33. The van der Waals surface area contributed by atoms with E-state index in [1.54, 1.807) is 18.2 Å². The van der Waals surface area contributed by atoms with Gasteiger partial charge in [-0.3, -0.25) is 0 Å². The van der Waals surface area contributed by atoms with Crippen LogP contribution < -0.4 is 5.32 Å². The van der Waals surface area contributed by atoms with E-state index in [9.17, 15) is 5.11 Å². The molecule has 108 valence electrons. The van der Waals surface area contributed by atoms with Crippen LogP contribution in [-0.4, -0.2) is 29.9 Å². The van der Waals surface area contributed by atoms with E-state index in [4.69, 9.17) is 28.3 Å². The summed E-state index contributed by atoms with van der Waals surface area (Å²) in [4.78, 5) is 0. The normalized spacial score (nSPS) is 14.4. The molecule has 19 heavy (non-hydrogen) atoms. The van der Waals surface area contributed by atoms with Gasteiger partial charge >= 0.3 is 0 Å². The number of hydrogen-bond acceptors (Lipinski definition) is 3. The molecule has 0 aliphatic heterocycles. The molecule has 0 aromatic heterocycles. The maximum absolute atomic E-state index is 10.1. The van der Waals surface area contributed by atoms with E-state index in [1.807, 2.05) is 0 Å². The van der Waals surface area contributed by atoms with Crippen molar-refractivity contribution in [3.8, 4) is 0 Å². The summed E-state index contributed by atoms with van der Waals surface area (Å²) in [6.07, 6.45) is 1.09. The smallest absolute Gasteiger partial charge is 0.0929 e. The van der Waals surface area contributed by atoms with Gasteiger partial charge in [-0.25, -0.2) is 0 Å². The first-order valence-electron chi connectivity index (χ1n) is 6.53. The molecule has 0 aliphatic rings. The minimum atomic E-state index is -0.683. The van der Waals surface area contributed by atoms with E-state index < -0.39 is 6.10 Å². The van der Waals surface area contributed by atoms with E-state index in [0.29, 0.717) is 28.1 Å². The third-order valence-corrected chi connectivity index (χ3v) is 3.78. The van der Waals surface area contributed by atoms with Gasteiger partial charge in [-0.2, -0.15) is 0 Å². The van der Waals surface area contributed by atoms with Crippen molar-refractivity contribution < 1.29 is 10.2 Å². The molecule has 0 heterocycles. The molecule has 0 spiro atoms. The number of aliphatic hydroxyl groups is 2. The summed E-state index contributed by atoms with van der Waals surface area (Å²) in [5.41, 5.74) is 0.636. The fourth-order valence-electron chi connectivity index (χ4n) is 1.94. The third kappa shape index (κ3) is 5.67. The van der Waals surface area contributed by atoms with Crippen LogP contribution in [0.1, 0.15) is 31.4 Å². The Bertz CT molecular complexity index is 388. The molecule has 3 nitrogen and oxygen atoms in total. The van der Waals surface area contributed by atoms with Crippen LogP contribution >= 0.6 is 23.2 Å². The summed E-state index contributed by atoms with van der Waals surface area (Å²) >= 11 is 11.9. The topological polar surface area (TPSA) is 52.5 Å². The number of nitrogens with one attached hydrogen (secondary N) is 1. The highest BCUT2D eigenvalue weighted by Crippen LogP contribution is 2.26. The zero-order valence-electron chi connectivity index (χ0n) is 11.1. The summed E-state index contributed by atoms with van der Waals surface area (Å²) in [5, 5.41) is 23.3. The van der Waals surface area contributed by atoms with Crippen molar-refractivity contribution in [2.75, 3.05) is 19.7 Å². The van der Waals surface area contributed by atoms with E-state index in [0.717, 1.165) is 19.4 Å². The lowest BCUT2D eigenvalue weighted by Crippen LogP contribution is -2.27. The lowest BCUT2D eigenvalue weighted by atomic mass is 10.0. The van der Waals surface area contributed by atoms with Crippen LogP contribution in [-0.2, 0) is 0 Å². The Morgan fingerprint density at radius 2 is 2.00 bits per heavy atom. The second kappa shape index (κ2) is 8.77. The maximum Gasteiger partial charge on any atom is 0.0929 e. The minimum Gasteiger partial charge on any atom is -0.396 e. The van der Waals surface area contributed by atoms with Crippen molar-refractivity contribution in [2.45, 2.75) is 25.9 Å². The lowest BCUT2D eigenvalue weighted by molar-refractivity contribution is 0.170. The number of benzene rings is 1. The van der Waals surface area contributed by atoms with Gasteiger partial charge in [0.1, 0.15) is 0 Å². The van der Waals surface area contributed by atoms with Crippen molar-refractivity contribution in [3.05, 3.63) is 33.8 Å². The number of rotatable bonds is 8. The number of hydrogen-bond donors (Lipinski definition) is 3. The largest absolute Gasteiger partial charge is 0.396 e. The molecule has 1 aromatic rings. The number of aliphatic hydroxyl groups excluding tert-OH is 2. The van der Waals surface area contributed by atoms with Crippen LogP contribution in [0.25, 0.3) is 0 Å². The molecular formula is C14H21Cl2NO2. The Hall–Kier alpha value is -0.320. The zero-order valence-corrected chi connectivity index (χ0v) is 12.6. The first-order chi connectivity index (χ1) is 9.08. The van der Waals surface area contributed by atoms with E-state index in [-0.39, 0.29) is 6.61 Å². The third-order valence-electron chi connectivity index (χ3n) is 3.20. The summed E-state index contributed by atoms with van der Waals surface area (Å²) in [5.74, 6) is 0.423. The fraction of sp³-hybridized carbons (Fsp3) is 0.571. The van der Waals surface area contributed by atoms with Crippen LogP contribution in [0.15, 0.2) is 18.2 Å². The Kier molecular flexibility index (Phi) is 7.73. The van der Waals surface area contributed by atoms with Gasteiger partial charge in [0.15, 0.2) is 0 Å². The first-order valence-corrected chi connectivity index (χ1v) is 7.28. The maximum atomic E-state index is 10.1. The molecule has 0 saturated heterocycles. The fourth-order valence-corrected chi connectivity index (χ4v) is 2.36. The summed E-state index contributed by atoms with van der Waals surface area (Å²) in [7, 11) is 0. The standard InChI is InChI=1S/C14H21Cl2NO2/c1-2-10(5-6-18)8-17-9-14(19)12-7-11(15)3-4-13(12)16/h3-4,7,10,14,17-19H,2,5-6,8-9H2,1H3. The molecular weight excluding hydrogens is 285 g/mol. The van der Waals surface area contributed by atoms with E-state index >= 15 is 0 Å². The molecule has 0 radical (unpaired) electrons. The number of halogens is 2. The van der Waals surface area contributed by atoms with Gasteiger partial charge in [-0.05, 0) is 37.1 Å². The molecule has 3 N–H and O–H groups in total.